The maximum absolute atomic E-state index is 12.6. The van der Waals surface area contributed by atoms with Gasteiger partial charge in [-0.05, 0) is 34.6 Å². The number of benzene rings is 2. The molecule has 0 saturated heterocycles. The Labute approximate surface area is 178 Å². The first-order valence-corrected chi connectivity index (χ1v) is 11.5. The van der Waals surface area contributed by atoms with E-state index in [4.69, 9.17) is 0 Å². The standard InChI is InChI=1S/C23H29N3O3S/c1-8-12-30(28,29)19-11-9-10-17-20(19)25-26(24-17)18-14-15(22(2,3)4)13-16(21(18)27)23(5,6)7/h8-11,13-14,27H,1,12H2,2-7H3. The number of nitrogens with zero attached hydrogens (tertiary/aromatic N) is 3. The molecule has 2 aromatic carbocycles. The number of hydrogen-bond acceptors (Lipinski definition) is 5. The molecule has 30 heavy (non-hydrogen) atoms. The monoisotopic (exact) mass is 427 g/mol. The van der Waals surface area contributed by atoms with Crippen LogP contribution >= 0.6 is 0 Å². The van der Waals surface area contributed by atoms with E-state index in [1.165, 1.54) is 16.9 Å². The van der Waals surface area contributed by atoms with E-state index < -0.39 is 9.84 Å². The zero-order chi connectivity index (χ0) is 22.5. The van der Waals surface area contributed by atoms with Crippen molar-refractivity contribution in [2.24, 2.45) is 0 Å². The van der Waals surface area contributed by atoms with Crippen LogP contribution in [0.2, 0.25) is 0 Å². The van der Waals surface area contributed by atoms with Crippen LogP contribution in [-0.4, -0.2) is 34.3 Å². The van der Waals surface area contributed by atoms with Gasteiger partial charge in [0, 0.05) is 5.56 Å². The number of hydrogen-bond donors (Lipinski definition) is 1. The minimum absolute atomic E-state index is 0.0892. The largest absolute Gasteiger partial charge is 0.505 e. The van der Waals surface area contributed by atoms with Crippen molar-refractivity contribution >= 4 is 20.9 Å². The summed E-state index contributed by atoms with van der Waals surface area (Å²) in [6.07, 6.45) is 1.35. The van der Waals surface area contributed by atoms with E-state index in [-0.39, 0.29) is 32.7 Å². The first-order chi connectivity index (χ1) is 13.8. The van der Waals surface area contributed by atoms with Crippen LogP contribution in [0.4, 0.5) is 0 Å². The molecule has 1 heterocycles. The average Bonchev–Trinajstić information content (AvgIpc) is 3.03. The van der Waals surface area contributed by atoms with Crippen molar-refractivity contribution in [3.63, 3.8) is 0 Å². The number of aromatic nitrogens is 3. The maximum atomic E-state index is 12.6. The third-order valence-electron chi connectivity index (χ3n) is 5.03. The molecule has 1 aromatic heterocycles. The second-order valence-electron chi connectivity index (χ2n) is 9.57. The van der Waals surface area contributed by atoms with Gasteiger partial charge < -0.3 is 5.11 Å². The first kappa shape index (κ1) is 22.0. The Morgan fingerprint density at radius 1 is 1.07 bits per heavy atom. The molecule has 0 aliphatic rings. The predicted molar refractivity (Wildman–Crippen MR) is 120 cm³/mol. The molecule has 3 rings (SSSR count). The van der Waals surface area contributed by atoms with E-state index in [0.717, 1.165) is 11.1 Å². The lowest BCUT2D eigenvalue weighted by Gasteiger charge is -2.27. The second kappa shape index (κ2) is 7.23. The molecule has 0 unspecified atom stereocenters. The van der Waals surface area contributed by atoms with E-state index in [9.17, 15) is 13.5 Å². The Morgan fingerprint density at radius 2 is 1.73 bits per heavy atom. The fraction of sp³-hybridized carbons (Fsp3) is 0.391. The molecule has 0 atom stereocenters. The van der Waals surface area contributed by atoms with Gasteiger partial charge in [0.1, 0.15) is 22.5 Å². The van der Waals surface area contributed by atoms with E-state index in [1.54, 1.807) is 12.1 Å². The SMILES string of the molecule is C=CCS(=O)(=O)c1cccc2nn(-c3cc(C(C)(C)C)cc(C(C)(C)C)c3O)nc12. The first-order valence-electron chi connectivity index (χ1n) is 9.84. The van der Waals surface area contributed by atoms with Crippen LogP contribution in [0.1, 0.15) is 52.7 Å². The molecule has 0 bridgehead atoms. The van der Waals surface area contributed by atoms with Crippen molar-refractivity contribution in [3.05, 3.63) is 54.1 Å². The molecule has 0 radical (unpaired) electrons. The number of rotatable bonds is 4. The quantitative estimate of drug-likeness (QED) is 0.611. The van der Waals surface area contributed by atoms with Crippen LogP contribution in [0.5, 0.6) is 5.75 Å². The van der Waals surface area contributed by atoms with Crippen molar-refractivity contribution in [2.75, 3.05) is 5.75 Å². The number of phenols is 1. The lowest BCUT2D eigenvalue weighted by atomic mass is 9.80. The second-order valence-corrected chi connectivity index (χ2v) is 11.6. The summed E-state index contributed by atoms with van der Waals surface area (Å²) >= 11 is 0. The van der Waals surface area contributed by atoms with Crippen LogP contribution in [-0.2, 0) is 20.7 Å². The molecule has 0 spiro atoms. The third kappa shape index (κ3) is 3.99. The number of fused-ring (bicyclic) bond motifs is 1. The molecule has 0 aliphatic carbocycles. The zero-order valence-electron chi connectivity index (χ0n) is 18.4. The Morgan fingerprint density at radius 3 is 2.30 bits per heavy atom. The van der Waals surface area contributed by atoms with Gasteiger partial charge in [-0.15, -0.1) is 21.6 Å². The predicted octanol–water partition coefficient (Wildman–Crippen LogP) is 4.68. The minimum Gasteiger partial charge on any atom is -0.505 e. The van der Waals surface area contributed by atoms with Gasteiger partial charge in [-0.1, -0.05) is 59.8 Å². The molecule has 7 heteroatoms. The molecular formula is C23H29N3O3S. The molecule has 0 aliphatic heterocycles. The van der Waals surface area contributed by atoms with Gasteiger partial charge in [0.25, 0.3) is 0 Å². The summed E-state index contributed by atoms with van der Waals surface area (Å²) in [5, 5.41) is 20.0. The smallest absolute Gasteiger partial charge is 0.184 e. The van der Waals surface area contributed by atoms with E-state index in [1.807, 2.05) is 32.9 Å². The van der Waals surface area contributed by atoms with Gasteiger partial charge in [0.2, 0.25) is 0 Å². The summed E-state index contributed by atoms with van der Waals surface area (Å²) in [4.78, 5) is 1.44. The molecule has 0 fully saturated rings. The Kier molecular flexibility index (Phi) is 5.31. The lowest BCUT2D eigenvalue weighted by molar-refractivity contribution is 0.438. The Bertz CT molecular complexity index is 1230. The van der Waals surface area contributed by atoms with Gasteiger partial charge in [0.15, 0.2) is 9.84 Å². The summed E-state index contributed by atoms with van der Waals surface area (Å²) in [6.45, 7) is 15.9. The molecule has 160 valence electrons. The molecule has 3 aromatic rings. The molecular weight excluding hydrogens is 398 g/mol. The average molecular weight is 428 g/mol. The van der Waals surface area contributed by atoms with Gasteiger partial charge in [-0.2, -0.15) is 0 Å². The zero-order valence-corrected chi connectivity index (χ0v) is 19.2. The van der Waals surface area contributed by atoms with Crippen LogP contribution in [0.25, 0.3) is 16.7 Å². The summed E-state index contributed by atoms with van der Waals surface area (Å²) in [5.41, 5.74) is 2.50. The fourth-order valence-corrected chi connectivity index (χ4v) is 4.51. The number of phenolic OH excluding ortho intramolecular Hbond substituents is 1. The van der Waals surface area contributed by atoms with Crippen LogP contribution in [0, 0.1) is 0 Å². The molecule has 0 saturated carbocycles. The van der Waals surface area contributed by atoms with Gasteiger partial charge in [0.05, 0.1) is 10.6 Å². The Hall–Kier alpha value is -2.67. The van der Waals surface area contributed by atoms with Gasteiger partial charge in [-0.3, -0.25) is 0 Å². The summed E-state index contributed by atoms with van der Waals surface area (Å²) < 4.78 is 25.3. The van der Waals surface area contributed by atoms with Crippen LogP contribution < -0.4 is 0 Å². The Balaban J connectivity index is 2.32. The lowest BCUT2D eigenvalue weighted by Crippen LogP contribution is -2.18. The third-order valence-corrected chi connectivity index (χ3v) is 6.70. The van der Waals surface area contributed by atoms with E-state index in [0.29, 0.717) is 11.2 Å². The normalized spacial score (nSPS) is 13.0. The van der Waals surface area contributed by atoms with Gasteiger partial charge >= 0.3 is 0 Å². The topological polar surface area (TPSA) is 85.1 Å². The highest BCUT2D eigenvalue weighted by Gasteiger charge is 2.27. The van der Waals surface area contributed by atoms with Crippen LogP contribution in [0.3, 0.4) is 0 Å². The minimum atomic E-state index is -3.58. The highest BCUT2D eigenvalue weighted by Crippen LogP contribution is 2.39. The fourth-order valence-electron chi connectivity index (χ4n) is 3.29. The van der Waals surface area contributed by atoms with Crippen molar-refractivity contribution in [2.45, 2.75) is 57.3 Å². The number of aromatic hydroxyl groups is 1. The maximum Gasteiger partial charge on any atom is 0.184 e. The van der Waals surface area contributed by atoms with Gasteiger partial charge in [-0.25, -0.2) is 8.42 Å². The van der Waals surface area contributed by atoms with E-state index in [2.05, 4.69) is 37.5 Å². The van der Waals surface area contributed by atoms with Crippen molar-refractivity contribution < 1.29 is 13.5 Å². The summed E-state index contributed by atoms with van der Waals surface area (Å²) in [5.74, 6) is -0.0935. The summed E-state index contributed by atoms with van der Waals surface area (Å²) in [6, 6.07) is 8.75. The summed E-state index contributed by atoms with van der Waals surface area (Å²) in [7, 11) is -3.58. The highest BCUT2D eigenvalue weighted by molar-refractivity contribution is 7.91. The van der Waals surface area contributed by atoms with Crippen molar-refractivity contribution in [1.82, 2.24) is 15.0 Å². The van der Waals surface area contributed by atoms with Crippen molar-refractivity contribution in [1.29, 1.82) is 0 Å². The highest BCUT2D eigenvalue weighted by atomic mass is 32.2. The molecule has 6 nitrogen and oxygen atoms in total. The van der Waals surface area contributed by atoms with Crippen LogP contribution in [0.15, 0.2) is 47.9 Å². The molecule has 0 amide bonds. The molecule has 1 N–H and O–H groups in total. The van der Waals surface area contributed by atoms with E-state index >= 15 is 0 Å². The van der Waals surface area contributed by atoms with Crippen molar-refractivity contribution in [3.8, 4) is 11.4 Å². The number of sulfone groups is 1.